The zero-order valence-electron chi connectivity index (χ0n) is 13.1. The van der Waals surface area contributed by atoms with Crippen LogP contribution < -0.4 is 5.32 Å². The van der Waals surface area contributed by atoms with Gasteiger partial charge in [0.15, 0.2) is 0 Å². The zero-order valence-corrected chi connectivity index (χ0v) is 14.7. The third-order valence-electron chi connectivity index (χ3n) is 3.68. The number of carbonyl (C=O) groups excluding carboxylic acids is 1. The van der Waals surface area contributed by atoms with Gasteiger partial charge in [-0.3, -0.25) is 4.79 Å². The van der Waals surface area contributed by atoms with Crippen LogP contribution >= 0.6 is 23.4 Å². The van der Waals surface area contributed by atoms with Gasteiger partial charge < -0.3 is 5.32 Å². The highest BCUT2D eigenvalue weighted by molar-refractivity contribution is 7.98. The minimum Gasteiger partial charge on any atom is -0.321 e. The van der Waals surface area contributed by atoms with Gasteiger partial charge in [0.25, 0.3) is 5.91 Å². The standard InChI is InChI=1S/C20H16ClNOS/c1-24-15-11-12-18(21)17(13-15)20(23)22-19-10-6-5-9-16(19)14-7-3-2-4-8-14/h2-13H,1H3,(H,22,23). The highest BCUT2D eigenvalue weighted by Crippen LogP contribution is 2.29. The average Bonchev–Trinajstić information content (AvgIpc) is 2.63. The van der Waals surface area contributed by atoms with Gasteiger partial charge in [-0.1, -0.05) is 60.1 Å². The van der Waals surface area contributed by atoms with Crippen molar-refractivity contribution in [2.24, 2.45) is 0 Å². The Balaban J connectivity index is 1.94. The summed E-state index contributed by atoms with van der Waals surface area (Å²) in [5.74, 6) is -0.209. The van der Waals surface area contributed by atoms with Crippen LogP contribution in [0.2, 0.25) is 5.02 Å². The number of para-hydroxylation sites is 1. The van der Waals surface area contributed by atoms with E-state index in [1.807, 2.05) is 73.0 Å². The summed E-state index contributed by atoms with van der Waals surface area (Å²) in [7, 11) is 0. The molecule has 4 heteroatoms. The Morgan fingerprint density at radius 3 is 2.42 bits per heavy atom. The molecule has 0 aliphatic rings. The molecule has 0 aliphatic heterocycles. The molecule has 0 aromatic heterocycles. The first-order valence-electron chi connectivity index (χ1n) is 7.48. The Bertz CT molecular complexity index is 865. The van der Waals surface area contributed by atoms with Crippen molar-refractivity contribution in [3.63, 3.8) is 0 Å². The van der Waals surface area contributed by atoms with E-state index in [0.717, 1.165) is 21.7 Å². The summed E-state index contributed by atoms with van der Waals surface area (Å²) in [6.07, 6.45) is 1.97. The van der Waals surface area contributed by atoms with E-state index in [4.69, 9.17) is 11.6 Å². The molecule has 0 bridgehead atoms. The Morgan fingerprint density at radius 2 is 1.67 bits per heavy atom. The van der Waals surface area contributed by atoms with Crippen LogP contribution in [0.4, 0.5) is 5.69 Å². The van der Waals surface area contributed by atoms with E-state index < -0.39 is 0 Å². The number of nitrogens with one attached hydrogen (secondary N) is 1. The van der Waals surface area contributed by atoms with Crippen molar-refractivity contribution in [2.75, 3.05) is 11.6 Å². The topological polar surface area (TPSA) is 29.1 Å². The van der Waals surface area contributed by atoms with Crippen LogP contribution in [0.15, 0.2) is 77.7 Å². The van der Waals surface area contributed by atoms with Gasteiger partial charge in [0, 0.05) is 16.1 Å². The number of carbonyl (C=O) groups is 1. The molecule has 0 fully saturated rings. The largest absolute Gasteiger partial charge is 0.321 e. The Morgan fingerprint density at radius 1 is 0.958 bits per heavy atom. The van der Waals surface area contributed by atoms with E-state index in [1.165, 1.54) is 0 Å². The van der Waals surface area contributed by atoms with Crippen LogP contribution in [0.25, 0.3) is 11.1 Å². The number of thioether (sulfide) groups is 1. The summed E-state index contributed by atoms with van der Waals surface area (Å²) in [4.78, 5) is 13.7. The van der Waals surface area contributed by atoms with Crippen LogP contribution in [0, 0.1) is 0 Å². The van der Waals surface area contributed by atoms with E-state index in [-0.39, 0.29) is 5.91 Å². The highest BCUT2D eigenvalue weighted by atomic mass is 35.5. The number of rotatable bonds is 4. The fraction of sp³-hybridized carbons (Fsp3) is 0.0500. The molecular weight excluding hydrogens is 338 g/mol. The normalized spacial score (nSPS) is 10.4. The Kier molecular flexibility index (Phi) is 5.24. The molecule has 0 radical (unpaired) electrons. The van der Waals surface area contributed by atoms with Crippen LogP contribution in [-0.2, 0) is 0 Å². The van der Waals surface area contributed by atoms with Crippen molar-refractivity contribution >= 4 is 35.0 Å². The van der Waals surface area contributed by atoms with E-state index in [1.54, 1.807) is 17.8 Å². The molecule has 0 saturated heterocycles. The van der Waals surface area contributed by atoms with Gasteiger partial charge in [0.05, 0.1) is 10.6 Å². The molecule has 0 atom stereocenters. The van der Waals surface area contributed by atoms with Crippen molar-refractivity contribution in [2.45, 2.75) is 4.90 Å². The summed E-state index contributed by atoms with van der Waals surface area (Å²) in [5.41, 5.74) is 3.27. The van der Waals surface area contributed by atoms with E-state index >= 15 is 0 Å². The van der Waals surface area contributed by atoms with Crippen LogP contribution in [0.5, 0.6) is 0 Å². The van der Waals surface area contributed by atoms with Crippen LogP contribution in [-0.4, -0.2) is 12.2 Å². The second-order valence-electron chi connectivity index (χ2n) is 5.21. The fourth-order valence-corrected chi connectivity index (χ4v) is 3.10. The lowest BCUT2D eigenvalue weighted by molar-refractivity contribution is 0.102. The summed E-state index contributed by atoms with van der Waals surface area (Å²) in [6, 6.07) is 23.2. The van der Waals surface area contributed by atoms with Gasteiger partial charge in [0.2, 0.25) is 0 Å². The number of halogens is 1. The minimum atomic E-state index is -0.209. The molecule has 0 unspecified atom stereocenters. The first-order chi connectivity index (χ1) is 11.7. The molecule has 3 aromatic rings. The van der Waals surface area contributed by atoms with Gasteiger partial charge in [0.1, 0.15) is 0 Å². The molecule has 120 valence electrons. The van der Waals surface area contributed by atoms with Crippen molar-refractivity contribution in [1.82, 2.24) is 0 Å². The third kappa shape index (κ3) is 3.64. The van der Waals surface area contributed by atoms with Crippen LogP contribution in [0.3, 0.4) is 0 Å². The quantitative estimate of drug-likeness (QED) is 0.584. The predicted molar refractivity (Wildman–Crippen MR) is 103 cm³/mol. The van der Waals surface area contributed by atoms with Crippen molar-refractivity contribution < 1.29 is 4.79 Å². The number of anilines is 1. The summed E-state index contributed by atoms with van der Waals surface area (Å²) >= 11 is 7.78. The molecule has 0 spiro atoms. The molecule has 3 rings (SSSR count). The maximum atomic E-state index is 12.7. The van der Waals surface area contributed by atoms with E-state index in [9.17, 15) is 4.79 Å². The van der Waals surface area contributed by atoms with Crippen molar-refractivity contribution in [3.05, 3.63) is 83.4 Å². The Hall–Kier alpha value is -2.23. The monoisotopic (exact) mass is 353 g/mol. The van der Waals surface area contributed by atoms with Crippen LogP contribution in [0.1, 0.15) is 10.4 Å². The first-order valence-corrected chi connectivity index (χ1v) is 9.08. The maximum absolute atomic E-state index is 12.7. The van der Waals surface area contributed by atoms with Gasteiger partial charge in [-0.25, -0.2) is 0 Å². The Labute approximate surface area is 150 Å². The molecule has 3 aromatic carbocycles. The van der Waals surface area contributed by atoms with Gasteiger partial charge in [-0.15, -0.1) is 11.8 Å². The van der Waals surface area contributed by atoms with Gasteiger partial charge in [-0.05, 0) is 36.1 Å². The van der Waals surface area contributed by atoms with Crippen molar-refractivity contribution in [3.8, 4) is 11.1 Å². The van der Waals surface area contributed by atoms with Crippen molar-refractivity contribution in [1.29, 1.82) is 0 Å². The summed E-state index contributed by atoms with van der Waals surface area (Å²) in [5, 5.41) is 3.43. The van der Waals surface area contributed by atoms with E-state index in [0.29, 0.717) is 10.6 Å². The molecule has 1 amide bonds. The number of benzene rings is 3. The SMILES string of the molecule is CSc1ccc(Cl)c(C(=O)Nc2ccccc2-c2ccccc2)c1. The molecule has 2 nitrogen and oxygen atoms in total. The molecule has 0 heterocycles. The lowest BCUT2D eigenvalue weighted by Crippen LogP contribution is -2.13. The lowest BCUT2D eigenvalue weighted by Gasteiger charge is -2.12. The molecule has 0 saturated carbocycles. The molecular formula is C20H16ClNOS. The first kappa shape index (κ1) is 16.6. The number of hydrogen-bond donors (Lipinski definition) is 1. The number of hydrogen-bond acceptors (Lipinski definition) is 2. The average molecular weight is 354 g/mol. The maximum Gasteiger partial charge on any atom is 0.257 e. The third-order valence-corrected chi connectivity index (χ3v) is 4.73. The molecule has 1 N–H and O–H groups in total. The second-order valence-corrected chi connectivity index (χ2v) is 6.50. The second kappa shape index (κ2) is 7.56. The number of amides is 1. The summed E-state index contributed by atoms with van der Waals surface area (Å²) < 4.78 is 0. The zero-order chi connectivity index (χ0) is 16.9. The smallest absolute Gasteiger partial charge is 0.257 e. The van der Waals surface area contributed by atoms with E-state index in [2.05, 4.69) is 5.32 Å². The van der Waals surface area contributed by atoms with Gasteiger partial charge in [-0.2, -0.15) is 0 Å². The van der Waals surface area contributed by atoms with Gasteiger partial charge >= 0.3 is 0 Å². The molecule has 24 heavy (non-hydrogen) atoms. The minimum absolute atomic E-state index is 0.209. The lowest BCUT2D eigenvalue weighted by atomic mass is 10.0. The summed E-state index contributed by atoms with van der Waals surface area (Å²) in [6.45, 7) is 0. The predicted octanol–water partition coefficient (Wildman–Crippen LogP) is 5.98. The molecule has 0 aliphatic carbocycles. The highest BCUT2D eigenvalue weighted by Gasteiger charge is 2.13. The fourth-order valence-electron chi connectivity index (χ4n) is 2.46.